The quantitative estimate of drug-likeness (QED) is 0.613. The zero-order valence-corrected chi connectivity index (χ0v) is 16.1. The lowest BCUT2D eigenvalue weighted by molar-refractivity contribution is 0.119. The molecule has 0 aromatic carbocycles. The van der Waals surface area contributed by atoms with E-state index in [1.165, 1.54) is 46.0 Å². The first-order chi connectivity index (χ1) is 10.9. The van der Waals surface area contributed by atoms with Crippen molar-refractivity contribution in [1.29, 1.82) is 0 Å². The largest absolute Gasteiger partial charge is 0.374 e. The maximum absolute atomic E-state index is 12.0. The van der Waals surface area contributed by atoms with E-state index >= 15 is 0 Å². The fourth-order valence-corrected chi connectivity index (χ4v) is 8.39. The fraction of sp³-hybridized carbons (Fsp3) is 0.368. The van der Waals surface area contributed by atoms with Crippen molar-refractivity contribution in [3.63, 3.8) is 0 Å². The van der Waals surface area contributed by atoms with Crippen LogP contribution in [0.5, 0.6) is 0 Å². The molecule has 3 aromatic heterocycles. The molecule has 4 heteroatoms. The first-order valence-corrected chi connectivity index (χ1v) is 10.4. The standard InChI is InChI=1S/C19H18OS3/c1-5-18-12-6-9(2)21-15(12)19(20,16-13(18)7-10(3)22-16)17-14(18)8-11(4)23-17/h6-8,20H,5H2,1-4H3. The lowest BCUT2D eigenvalue weighted by Crippen LogP contribution is -2.47. The van der Waals surface area contributed by atoms with Gasteiger partial charge in [-0.05, 0) is 62.1 Å². The minimum absolute atomic E-state index is 0.0647. The van der Waals surface area contributed by atoms with Crippen molar-refractivity contribution in [3.05, 3.63) is 64.2 Å². The molecule has 0 atom stereocenters. The van der Waals surface area contributed by atoms with Crippen LogP contribution in [-0.4, -0.2) is 5.11 Å². The highest BCUT2D eigenvalue weighted by molar-refractivity contribution is 7.16. The minimum atomic E-state index is -0.923. The normalized spacial score (nSPS) is 27.0. The van der Waals surface area contributed by atoms with Gasteiger partial charge in [0, 0.05) is 20.0 Å². The number of hydrogen-bond acceptors (Lipinski definition) is 4. The Morgan fingerprint density at radius 2 is 1.13 bits per heavy atom. The van der Waals surface area contributed by atoms with Gasteiger partial charge in [-0.15, -0.1) is 34.0 Å². The van der Waals surface area contributed by atoms with Crippen LogP contribution in [-0.2, 0) is 11.0 Å². The molecule has 0 amide bonds. The number of thiophene rings is 3. The molecule has 2 bridgehead atoms. The molecule has 3 aliphatic rings. The van der Waals surface area contributed by atoms with E-state index in [-0.39, 0.29) is 5.41 Å². The van der Waals surface area contributed by atoms with Crippen LogP contribution >= 0.6 is 34.0 Å². The van der Waals surface area contributed by atoms with Gasteiger partial charge in [-0.2, -0.15) is 0 Å². The molecule has 0 radical (unpaired) electrons. The van der Waals surface area contributed by atoms with E-state index in [0.717, 1.165) is 6.42 Å². The molecule has 118 valence electrons. The summed E-state index contributed by atoms with van der Waals surface area (Å²) in [7, 11) is 0. The molecule has 3 heterocycles. The zero-order valence-electron chi connectivity index (χ0n) is 13.6. The molecule has 6 rings (SSSR count). The molecule has 3 aliphatic carbocycles. The summed E-state index contributed by atoms with van der Waals surface area (Å²) in [5, 5.41) is 12.0. The Morgan fingerprint density at radius 3 is 1.43 bits per heavy atom. The molecular formula is C19H18OS3. The monoisotopic (exact) mass is 358 g/mol. The minimum Gasteiger partial charge on any atom is -0.374 e. The molecule has 23 heavy (non-hydrogen) atoms. The Hall–Kier alpha value is -0.940. The number of hydrogen-bond donors (Lipinski definition) is 1. The molecule has 0 spiro atoms. The first-order valence-electron chi connectivity index (χ1n) is 7.99. The van der Waals surface area contributed by atoms with Gasteiger partial charge < -0.3 is 5.11 Å². The van der Waals surface area contributed by atoms with E-state index in [9.17, 15) is 5.11 Å². The molecule has 3 aromatic rings. The van der Waals surface area contributed by atoms with E-state index in [1.807, 2.05) is 0 Å². The molecular weight excluding hydrogens is 340 g/mol. The Morgan fingerprint density at radius 1 is 0.783 bits per heavy atom. The highest BCUT2D eigenvalue weighted by atomic mass is 32.1. The summed E-state index contributed by atoms with van der Waals surface area (Å²) >= 11 is 5.33. The predicted molar refractivity (Wildman–Crippen MR) is 99.4 cm³/mol. The number of rotatable bonds is 1. The van der Waals surface area contributed by atoms with Gasteiger partial charge in [0.1, 0.15) is 0 Å². The third-order valence-electron chi connectivity index (χ3n) is 5.46. The molecule has 0 saturated carbocycles. The SMILES string of the molecule is CCC12c3cc(C)sc3C(O)(c3sc(C)cc31)c1sc(C)cc12. The maximum Gasteiger partial charge on any atom is 0.168 e. The summed E-state index contributed by atoms with van der Waals surface area (Å²) in [4.78, 5) is 7.39. The summed E-state index contributed by atoms with van der Waals surface area (Å²) in [6.45, 7) is 8.77. The highest BCUT2D eigenvalue weighted by Crippen LogP contribution is 2.66. The van der Waals surface area contributed by atoms with E-state index < -0.39 is 5.60 Å². The molecule has 0 fully saturated rings. The van der Waals surface area contributed by atoms with Crippen molar-refractivity contribution in [2.75, 3.05) is 0 Å². The van der Waals surface area contributed by atoms with Gasteiger partial charge in [-0.25, -0.2) is 0 Å². The van der Waals surface area contributed by atoms with Gasteiger partial charge in [0.2, 0.25) is 0 Å². The fourth-order valence-electron chi connectivity index (χ4n) is 4.62. The van der Waals surface area contributed by atoms with Gasteiger partial charge in [-0.3, -0.25) is 0 Å². The number of aliphatic hydroxyl groups is 1. The Labute approximate surface area is 148 Å². The van der Waals surface area contributed by atoms with Crippen LogP contribution in [0.25, 0.3) is 0 Å². The molecule has 0 aliphatic heterocycles. The van der Waals surface area contributed by atoms with Crippen LogP contribution in [0.15, 0.2) is 18.2 Å². The molecule has 0 saturated heterocycles. The third kappa shape index (κ3) is 1.39. The Bertz CT molecular complexity index is 849. The lowest BCUT2D eigenvalue weighted by Gasteiger charge is -2.49. The van der Waals surface area contributed by atoms with E-state index in [2.05, 4.69) is 45.9 Å². The van der Waals surface area contributed by atoms with Crippen LogP contribution < -0.4 is 0 Å². The Balaban J connectivity index is 2.03. The average Bonchev–Trinajstić information content (AvgIpc) is 3.17. The van der Waals surface area contributed by atoms with Crippen LogP contribution in [0.4, 0.5) is 0 Å². The average molecular weight is 359 g/mol. The summed E-state index contributed by atoms with van der Waals surface area (Å²) in [6.07, 6.45) is 1.04. The summed E-state index contributed by atoms with van der Waals surface area (Å²) in [5.74, 6) is 0. The topological polar surface area (TPSA) is 20.2 Å². The van der Waals surface area contributed by atoms with Crippen LogP contribution in [0.1, 0.15) is 59.3 Å². The van der Waals surface area contributed by atoms with Gasteiger partial charge >= 0.3 is 0 Å². The smallest absolute Gasteiger partial charge is 0.168 e. The van der Waals surface area contributed by atoms with Crippen molar-refractivity contribution in [3.8, 4) is 0 Å². The van der Waals surface area contributed by atoms with Crippen LogP contribution in [0.2, 0.25) is 0 Å². The summed E-state index contributed by atoms with van der Waals surface area (Å²) in [6, 6.07) is 6.96. The van der Waals surface area contributed by atoms with Crippen molar-refractivity contribution >= 4 is 34.0 Å². The molecule has 1 N–H and O–H groups in total. The van der Waals surface area contributed by atoms with E-state index in [4.69, 9.17) is 0 Å². The van der Waals surface area contributed by atoms with Gasteiger partial charge in [-0.1, -0.05) is 6.92 Å². The van der Waals surface area contributed by atoms with Gasteiger partial charge in [0.15, 0.2) is 5.60 Å². The van der Waals surface area contributed by atoms with Crippen molar-refractivity contribution < 1.29 is 5.11 Å². The summed E-state index contributed by atoms with van der Waals surface area (Å²) in [5.41, 5.74) is 3.06. The second-order valence-corrected chi connectivity index (χ2v) is 10.5. The lowest BCUT2D eigenvalue weighted by atomic mass is 9.57. The van der Waals surface area contributed by atoms with Crippen molar-refractivity contribution in [2.45, 2.75) is 45.1 Å². The second-order valence-electron chi connectivity index (χ2n) is 6.77. The highest BCUT2D eigenvalue weighted by Gasteiger charge is 2.60. The second kappa shape index (κ2) is 4.17. The maximum atomic E-state index is 12.0. The zero-order chi connectivity index (χ0) is 16.1. The predicted octanol–water partition coefficient (Wildman–Crippen LogP) is 5.45. The van der Waals surface area contributed by atoms with E-state index in [0.29, 0.717) is 0 Å². The number of aryl methyl sites for hydroxylation is 3. The Kier molecular flexibility index (Phi) is 2.61. The molecule has 0 unspecified atom stereocenters. The molecule has 1 nitrogen and oxygen atoms in total. The van der Waals surface area contributed by atoms with E-state index in [1.54, 1.807) is 34.0 Å². The third-order valence-corrected chi connectivity index (χ3v) is 8.94. The van der Waals surface area contributed by atoms with Crippen molar-refractivity contribution in [2.24, 2.45) is 0 Å². The van der Waals surface area contributed by atoms with Crippen molar-refractivity contribution in [1.82, 2.24) is 0 Å². The first kappa shape index (κ1) is 14.4. The van der Waals surface area contributed by atoms with Gasteiger partial charge in [0.25, 0.3) is 0 Å². The summed E-state index contributed by atoms with van der Waals surface area (Å²) < 4.78 is 0. The van der Waals surface area contributed by atoms with Crippen LogP contribution in [0.3, 0.4) is 0 Å². The van der Waals surface area contributed by atoms with Crippen LogP contribution in [0, 0.1) is 20.8 Å². The van der Waals surface area contributed by atoms with Gasteiger partial charge in [0.05, 0.1) is 14.6 Å².